The zero-order chi connectivity index (χ0) is 21.8. The van der Waals surface area contributed by atoms with Crippen LogP contribution in [0.25, 0.3) is 0 Å². The predicted octanol–water partition coefficient (Wildman–Crippen LogP) is 3.28. The van der Waals surface area contributed by atoms with Crippen molar-refractivity contribution in [3.63, 3.8) is 0 Å². The molecule has 5 N–H and O–H groups in total. The lowest BCUT2D eigenvalue weighted by Crippen LogP contribution is -2.23. The van der Waals surface area contributed by atoms with E-state index >= 15 is 0 Å². The van der Waals surface area contributed by atoms with Crippen LogP contribution < -0.4 is 21.7 Å². The Labute approximate surface area is 178 Å². The topological polar surface area (TPSA) is 126 Å². The number of allylic oxidation sites excluding steroid dienone is 3. The van der Waals surface area contributed by atoms with Gasteiger partial charge in [-0.15, -0.1) is 0 Å². The summed E-state index contributed by atoms with van der Waals surface area (Å²) in [5, 5.41) is 9.39. The fraction of sp³-hybridized carbons (Fsp3) is 0.238. The van der Waals surface area contributed by atoms with Crippen LogP contribution in [0.5, 0.6) is 0 Å². The first kappa shape index (κ1) is 21.3. The summed E-state index contributed by atoms with van der Waals surface area (Å²) >= 11 is 1.14. The Morgan fingerprint density at radius 2 is 1.87 bits per heavy atom. The molecule has 1 heterocycles. The van der Waals surface area contributed by atoms with Crippen molar-refractivity contribution in [1.82, 2.24) is 10.3 Å². The molecule has 0 bridgehead atoms. The second-order valence-electron chi connectivity index (χ2n) is 6.95. The molecule has 1 aromatic carbocycles. The minimum atomic E-state index is -0.721. The summed E-state index contributed by atoms with van der Waals surface area (Å²) < 4.78 is 0. The van der Waals surface area contributed by atoms with E-state index in [0.717, 1.165) is 33.8 Å². The number of anilines is 3. The van der Waals surface area contributed by atoms with E-state index in [4.69, 9.17) is 5.73 Å². The lowest BCUT2D eigenvalue weighted by atomic mass is 10.0. The molecule has 0 unspecified atom stereocenters. The third-order valence-electron chi connectivity index (χ3n) is 4.71. The highest BCUT2D eigenvalue weighted by molar-refractivity contribution is 7.20. The van der Waals surface area contributed by atoms with Gasteiger partial charge in [-0.1, -0.05) is 29.5 Å². The quantitative estimate of drug-likeness (QED) is 0.565. The third-order valence-corrected chi connectivity index (χ3v) is 5.60. The van der Waals surface area contributed by atoms with Gasteiger partial charge in [0.25, 0.3) is 11.8 Å². The summed E-state index contributed by atoms with van der Waals surface area (Å²) in [7, 11) is 0. The number of hydrogen-bond acceptors (Lipinski definition) is 6. The Morgan fingerprint density at radius 3 is 2.50 bits per heavy atom. The first-order valence-corrected chi connectivity index (χ1v) is 10.2. The van der Waals surface area contributed by atoms with Crippen LogP contribution in [0.1, 0.15) is 41.4 Å². The second kappa shape index (κ2) is 8.91. The van der Waals surface area contributed by atoms with Crippen molar-refractivity contribution >= 4 is 44.9 Å². The van der Waals surface area contributed by atoms with Crippen molar-refractivity contribution in [3.05, 3.63) is 58.4 Å². The molecular weight excluding hydrogens is 402 g/mol. The van der Waals surface area contributed by atoms with Gasteiger partial charge in [0.1, 0.15) is 5.00 Å². The smallest absolute Gasteiger partial charge is 0.270 e. The van der Waals surface area contributed by atoms with Gasteiger partial charge in [-0.05, 0) is 50.0 Å². The number of nitrogens with one attached hydrogen (secondary N) is 3. The molecule has 156 valence electrons. The van der Waals surface area contributed by atoms with Gasteiger partial charge in [0, 0.05) is 23.9 Å². The Kier molecular flexibility index (Phi) is 6.31. The molecular formula is C21H23N5O3S. The van der Waals surface area contributed by atoms with Crippen molar-refractivity contribution in [2.24, 2.45) is 5.73 Å². The fourth-order valence-electron chi connectivity index (χ4n) is 2.97. The van der Waals surface area contributed by atoms with Gasteiger partial charge in [0.2, 0.25) is 5.91 Å². The lowest BCUT2D eigenvalue weighted by Gasteiger charge is -2.14. The molecule has 9 heteroatoms. The molecule has 2 aromatic rings. The van der Waals surface area contributed by atoms with Crippen LogP contribution in [0, 0.1) is 13.8 Å². The van der Waals surface area contributed by atoms with E-state index in [1.807, 2.05) is 32.0 Å². The number of carbonyl (C=O) groups is 3. The number of aromatic nitrogens is 1. The number of nitrogens with two attached hydrogens (primary N) is 1. The number of thiazole rings is 1. The summed E-state index contributed by atoms with van der Waals surface area (Å²) in [6.45, 7) is 5.43. The Balaban J connectivity index is 1.79. The molecule has 3 amide bonds. The summed E-state index contributed by atoms with van der Waals surface area (Å²) in [4.78, 5) is 39.9. The fourth-order valence-corrected chi connectivity index (χ4v) is 3.85. The van der Waals surface area contributed by atoms with Crippen LogP contribution in [0.4, 0.5) is 15.8 Å². The maximum absolute atomic E-state index is 12.6. The van der Waals surface area contributed by atoms with E-state index in [1.165, 1.54) is 6.92 Å². The monoisotopic (exact) mass is 425 g/mol. The number of carbonyl (C=O) groups excluding carboxylic acids is 3. The van der Waals surface area contributed by atoms with Gasteiger partial charge in [-0.2, -0.15) is 0 Å². The first-order chi connectivity index (χ1) is 14.2. The van der Waals surface area contributed by atoms with Crippen molar-refractivity contribution < 1.29 is 14.4 Å². The molecule has 3 rings (SSSR count). The molecule has 1 aliphatic rings. The van der Waals surface area contributed by atoms with Crippen molar-refractivity contribution in [3.8, 4) is 0 Å². The average molecular weight is 426 g/mol. The molecule has 1 aromatic heterocycles. The summed E-state index contributed by atoms with van der Waals surface area (Å²) in [5.74, 6) is -1.21. The van der Waals surface area contributed by atoms with E-state index in [0.29, 0.717) is 23.5 Å². The van der Waals surface area contributed by atoms with E-state index in [9.17, 15) is 14.4 Å². The Hall–Kier alpha value is -3.46. The molecule has 0 fully saturated rings. The second-order valence-corrected chi connectivity index (χ2v) is 7.95. The van der Waals surface area contributed by atoms with E-state index in [-0.39, 0.29) is 22.5 Å². The van der Waals surface area contributed by atoms with E-state index < -0.39 is 5.91 Å². The largest absolute Gasteiger partial charge is 0.364 e. The number of hydrogen-bond donors (Lipinski definition) is 4. The predicted molar refractivity (Wildman–Crippen MR) is 118 cm³/mol. The highest BCUT2D eigenvalue weighted by Crippen LogP contribution is 2.32. The molecule has 0 aliphatic heterocycles. The van der Waals surface area contributed by atoms with Gasteiger partial charge in [0.05, 0.1) is 0 Å². The minimum Gasteiger partial charge on any atom is -0.364 e. The molecule has 8 nitrogen and oxygen atoms in total. The van der Waals surface area contributed by atoms with Gasteiger partial charge >= 0.3 is 0 Å². The van der Waals surface area contributed by atoms with Crippen LogP contribution in [-0.4, -0.2) is 22.7 Å². The van der Waals surface area contributed by atoms with Crippen molar-refractivity contribution in [2.45, 2.75) is 33.6 Å². The molecule has 0 radical (unpaired) electrons. The third kappa shape index (κ3) is 4.93. The molecule has 0 spiro atoms. The number of nitrogens with zero attached hydrogens (tertiary/aromatic N) is 1. The van der Waals surface area contributed by atoms with Crippen molar-refractivity contribution in [1.29, 1.82) is 0 Å². The van der Waals surface area contributed by atoms with Gasteiger partial charge in [0.15, 0.2) is 10.8 Å². The standard InChI is InChI=1S/C21H23N5O3S/c1-11-5-4-6-16(12(11)2)24-21-25-17(18(22)28)20(30-21)26-19(29)14-7-9-15(10-8-14)23-13(3)27/h4-7,9H,8,10H2,1-3H3,(H2,22,28)(H,23,27)(H,24,25)(H,26,29). The maximum atomic E-state index is 12.6. The van der Waals surface area contributed by atoms with E-state index in [1.54, 1.807) is 12.2 Å². The zero-order valence-corrected chi connectivity index (χ0v) is 17.8. The van der Waals surface area contributed by atoms with Crippen LogP contribution in [0.3, 0.4) is 0 Å². The van der Waals surface area contributed by atoms with Gasteiger partial charge < -0.3 is 21.7 Å². The molecule has 1 aliphatic carbocycles. The zero-order valence-electron chi connectivity index (χ0n) is 17.0. The molecule has 0 saturated heterocycles. The van der Waals surface area contributed by atoms with Gasteiger partial charge in [-0.3, -0.25) is 14.4 Å². The molecule has 0 saturated carbocycles. The SMILES string of the molecule is CC(=O)NC1=CC=C(C(=O)Nc2sc(Nc3cccc(C)c3C)nc2C(N)=O)CC1. The Morgan fingerprint density at radius 1 is 1.10 bits per heavy atom. The highest BCUT2D eigenvalue weighted by atomic mass is 32.1. The average Bonchev–Trinajstić information content (AvgIpc) is 3.08. The van der Waals surface area contributed by atoms with Crippen LogP contribution in [0.15, 0.2) is 41.6 Å². The lowest BCUT2D eigenvalue weighted by molar-refractivity contribution is -0.118. The molecule has 30 heavy (non-hydrogen) atoms. The first-order valence-electron chi connectivity index (χ1n) is 9.37. The number of rotatable bonds is 6. The van der Waals surface area contributed by atoms with Crippen molar-refractivity contribution in [2.75, 3.05) is 10.6 Å². The summed E-state index contributed by atoms with van der Waals surface area (Å²) in [6, 6.07) is 5.85. The number of aryl methyl sites for hydroxylation is 1. The van der Waals surface area contributed by atoms with E-state index in [2.05, 4.69) is 20.9 Å². The number of primary amides is 1. The van der Waals surface area contributed by atoms with Crippen LogP contribution in [0.2, 0.25) is 0 Å². The minimum absolute atomic E-state index is 0.00652. The summed E-state index contributed by atoms with van der Waals surface area (Å²) in [6.07, 6.45) is 4.37. The maximum Gasteiger partial charge on any atom is 0.270 e. The molecule has 0 atom stereocenters. The van der Waals surface area contributed by atoms with Crippen LogP contribution >= 0.6 is 11.3 Å². The normalized spacial score (nSPS) is 13.2. The summed E-state index contributed by atoms with van der Waals surface area (Å²) in [5.41, 5.74) is 9.81. The van der Waals surface area contributed by atoms with Crippen LogP contribution in [-0.2, 0) is 9.59 Å². The highest BCUT2D eigenvalue weighted by Gasteiger charge is 2.21. The Bertz CT molecular complexity index is 1080. The van der Waals surface area contributed by atoms with Gasteiger partial charge in [-0.25, -0.2) is 4.98 Å². The number of amides is 3. The number of benzene rings is 1.